The van der Waals surface area contributed by atoms with Crippen molar-refractivity contribution < 1.29 is 0 Å². The standard InChI is InChI=1S/C14H21N3S/c1-10(2)17-9-16-7-13(17)6-15-8-14-5-11(3)12(4)18-14/h5,7,9-10,15H,6,8H2,1-4H3. The van der Waals surface area contributed by atoms with E-state index in [0.29, 0.717) is 6.04 Å². The Morgan fingerprint density at radius 1 is 1.33 bits per heavy atom. The number of imidazole rings is 1. The van der Waals surface area contributed by atoms with Crippen LogP contribution in [0.25, 0.3) is 0 Å². The number of nitrogens with zero attached hydrogens (tertiary/aromatic N) is 2. The van der Waals surface area contributed by atoms with Crippen molar-refractivity contribution >= 4 is 11.3 Å². The van der Waals surface area contributed by atoms with Gasteiger partial charge in [-0.2, -0.15) is 0 Å². The van der Waals surface area contributed by atoms with Crippen LogP contribution in [0.5, 0.6) is 0 Å². The van der Waals surface area contributed by atoms with E-state index in [0.717, 1.165) is 13.1 Å². The minimum absolute atomic E-state index is 0.468. The van der Waals surface area contributed by atoms with Crippen LogP contribution in [0.1, 0.15) is 40.9 Å². The molecule has 0 aromatic carbocycles. The molecule has 4 heteroatoms. The molecule has 0 aliphatic rings. The van der Waals surface area contributed by atoms with Crippen LogP contribution in [0.2, 0.25) is 0 Å². The molecule has 2 aromatic rings. The Morgan fingerprint density at radius 3 is 2.72 bits per heavy atom. The summed E-state index contributed by atoms with van der Waals surface area (Å²) in [5.41, 5.74) is 2.64. The van der Waals surface area contributed by atoms with Gasteiger partial charge in [-0.25, -0.2) is 4.98 Å². The lowest BCUT2D eigenvalue weighted by Crippen LogP contribution is -2.15. The highest BCUT2D eigenvalue weighted by molar-refractivity contribution is 7.12. The molecule has 2 rings (SSSR count). The van der Waals surface area contributed by atoms with Crippen molar-refractivity contribution in [2.24, 2.45) is 0 Å². The zero-order chi connectivity index (χ0) is 13.1. The van der Waals surface area contributed by atoms with Crippen LogP contribution >= 0.6 is 11.3 Å². The molecule has 0 bridgehead atoms. The first kappa shape index (κ1) is 13.3. The van der Waals surface area contributed by atoms with Crippen LogP contribution in [-0.2, 0) is 13.1 Å². The number of thiophene rings is 1. The second-order valence-corrected chi connectivity index (χ2v) is 6.28. The third-order valence-corrected chi connectivity index (χ3v) is 4.28. The van der Waals surface area contributed by atoms with E-state index < -0.39 is 0 Å². The van der Waals surface area contributed by atoms with Crippen LogP contribution in [0.15, 0.2) is 18.6 Å². The van der Waals surface area contributed by atoms with Gasteiger partial charge >= 0.3 is 0 Å². The van der Waals surface area contributed by atoms with Crippen molar-refractivity contribution in [3.63, 3.8) is 0 Å². The molecule has 0 saturated carbocycles. The molecule has 0 atom stereocenters. The SMILES string of the molecule is Cc1cc(CNCc2cncn2C(C)C)sc1C. The van der Waals surface area contributed by atoms with Gasteiger partial charge in [-0.15, -0.1) is 11.3 Å². The monoisotopic (exact) mass is 263 g/mol. The molecule has 2 aromatic heterocycles. The normalized spacial score (nSPS) is 11.4. The molecule has 0 aliphatic heterocycles. The molecule has 2 heterocycles. The summed E-state index contributed by atoms with van der Waals surface area (Å²) in [5, 5.41) is 3.49. The van der Waals surface area contributed by atoms with E-state index in [1.807, 2.05) is 23.9 Å². The summed E-state index contributed by atoms with van der Waals surface area (Å²) >= 11 is 1.88. The van der Waals surface area contributed by atoms with Gasteiger partial charge in [0.25, 0.3) is 0 Å². The van der Waals surface area contributed by atoms with Crippen molar-refractivity contribution in [2.45, 2.75) is 46.8 Å². The molecule has 0 fully saturated rings. The predicted octanol–water partition coefficient (Wildman–Crippen LogP) is 3.43. The molecule has 0 amide bonds. The van der Waals surface area contributed by atoms with Crippen molar-refractivity contribution in [1.29, 1.82) is 0 Å². The third kappa shape index (κ3) is 3.00. The lowest BCUT2D eigenvalue weighted by atomic mass is 10.3. The van der Waals surface area contributed by atoms with E-state index in [1.54, 1.807) is 0 Å². The van der Waals surface area contributed by atoms with Crippen LogP contribution < -0.4 is 5.32 Å². The average Bonchev–Trinajstić information content (AvgIpc) is 2.87. The summed E-state index contributed by atoms with van der Waals surface area (Å²) in [4.78, 5) is 7.03. The summed E-state index contributed by atoms with van der Waals surface area (Å²) < 4.78 is 2.21. The minimum Gasteiger partial charge on any atom is -0.331 e. The number of rotatable bonds is 5. The zero-order valence-corrected chi connectivity index (χ0v) is 12.3. The van der Waals surface area contributed by atoms with E-state index in [9.17, 15) is 0 Å². The molecule has 0 saturated heterocycles. The molecular weight excluding hydrogens is 242 g/mol. The van der Waals surface area contributed by atoms with E-state index in [4.69, 9.17) is 0 Å². The highest BCUT2D eigenvalue weighted by atomic mass is 32.1. The lowest BCUT2D eigenvalue weighted by molar-refractivity contribution is 0.551. The maximum absolute atomic E-state index is 4.21. The first-order chi connectivity index (χ1) is 8.58. The third-order valence-electron chi connectivity index (χ3n) is 3.12. The molecule has 0 spiro atoms. The smallest absolute Gasteiger partial charge is 0.0951 e. The number of nitrogens with one attached hydrogen (secondary N) is 1. The van der Waals surface area contributed by atoms with Gasteiger partial charge in [-0.05, 0) is 39.3 Å². The van der Waals surface area contributed by atoms with Crippen molar-refractivity contribution in [3.8, 4) is 0 Å². The highest BCUT2D eigenvalue weighted by Gasteiger charge is 2.05. The highest BCUT2D eigenvalue weighted by Crippen LogP contribution is 2.20. The van der Waals surface area contributed by atoms with Crippen LogP contribution in [0.3, 0.4) is 0 Å². The molecule has 18 heavy (non-hydrogen) atoms. The first-order valence-corrected chi connectivity index (χ1v) is 7.17. The quantitative estimate of drug-likeness (QED) is 0.895. The first-order valence-electron chi connectivity index (χ1n) is 6.35. The van der Waals surface area contributed by atoms with E-state index >= 15 is 0 Å². The lowest BCUT2D eigenvalue weighted by Gasteiger charge is -2.11. The Hall–Kier alpha value is -1.13. The van der Waals surface area contributed by atoms with Gasteiger partial charge in [0.05, 0.1) is 12.0 Å². The van der Waals surface area contributed by atoms with E-state index in [1.165, 1.54) is 21.0 Å². The van der Waals surface area contributed by atoms with Gasteiger partial charge in [0, 0.05) is 35.1 Å². The Morgan fingerprint density at radius 2 is 2.11 bits per heavy atom. The number of aryl methyl sites for hydroxylation is 2. The van der Waals surface area contributed by atoms with Gasteiger partial charge < -0.3 is 9.88 Å². The van der Waals surface area contributed by atoms with Gasteiger partial charge in [-0.1, -0.05) is 0 Å². The van der Waals surface area contributed by atoms with Crippen molar-refractivity contribution in [3.05, 3.63) is 39.6 Å². The van der Waals surface area contributed by atoms with Crippen molar-refractivity contribution in [2.75, 3.05) is 0 Å². The molecule has 0 aliphatic carbocycles. The molecule has 98 valence electrons. The Balaban J connectivity index is 1.90. The second kappa shape index (κ2) is 5.67. The molecule has 0 radical (unpaired) electrons. The Labute approximate surface area is 113 Å². The fraction of sp³-hybridized carbons (Fsp3) is 0.500. The van der Waals surface area contributed by atoms with Gasteiger partial charge in [0.1, 0.15) is 0 Å². The van der Waals surface area contributed by atoms with E-state index in [-0.39, 0.29) is 0 Å². The van der Waals surface area contributed by atoms with Gasteiger partial charge in [0.15, 0.2) is 0 Å². The van der Waals surface area contributed by atoms with Crippen molar-refractivity contribution in [1.82, 2.24) is 14.9 Å². The Bertz CT molecular complexity index is 491. The number of hydrogen-bond acceptors (Lipinski definition) is 3. The molecule has 3 nitrogen and oxygen atoms in total. The predicted molar refractivity (Wildman–Crippen MR) is 76.9 cm³/mol. The minimum atomic E-state index is 0.468. The summed E-state index contributed by atoms with van der Waals surface area (Å²) in [6.45, 7) is 10.5. The summed E-state index contributed by atoms with van der Waals surface area (Å²) in [7, 11) is 0. The summed E-state index contributed by atoms with van der Waals surface area (Å²) in [5.74, 6) is 0. The maximum Gasteiger partial charge on any atom is 0.0951 e. The number of hydrogen-bond donors (Lipinski definition) is 1. The molecule has 0 unspecified atom stereocenters. The van der Waals surface area contributed by atoms with Crippen LogP contribution in [0, 0.1) is 13.8 Å². The van der Waals surface area contributed by atoms with Crippen LogP contribution in [-0.4, -0.2) is 9.55 Å². The largest absolute Gasteiger partial charge is 0.331 e. The second-order valence-electron chi connectivity index (χ2n) is 4.94. The maximum atomic E-state index is 4.21. The zero-order valence-electron chi connectivity index (χ0n) is 11.5. The fourth-order valence-electron chi connectivity index (χ4n) is 1.98. The molecular formula is C14H21N3S. The summed E-state index contributed by atoms with van der Waals surface area (Å²) in [6, 6.07) is 2.74. The van der Waals surface area contributed by atoms with Crippen LogP contribution in [0.4, 0.5) is 0 Å². The fourth-order valence-corrected chi connectivity index (χ4v) is 3.01. The van der Waals surface area contributed by atoms with E-state index in [2.05, 4.69) is 48.6 Å². The average molecular weight is 263 g/mol. The van der Waals surface area contributed by atoms with Gasteiger partial charge in [-0.3, -0.25) is 0 Å². The molecule has 1 N–H and O–H groups in total. The summed E-state index contributed by atoms with van der Waals surface area (Å²) in [6.07, 6.45) is 3.85. The topological polar surface area (TPSA) is 29.9 Å². The number of aromatic nitrogens is 2. The van der Waals surface area contributed by atoms with Gasteiger partial charge in [0.2, 0.25) is 0 Å². The Kier molecular flexibility index (Phi) is 4.19.